The average molecular weight is 423 g/mol. The average Bonchev–Trinajstić information content (AvgIpc) is 3.35. The summed E-state index contributed by atoms with van der Waals surface area (Å²) in [5.74, 6) is 8.13. The summed E-state index contributed by atoms with van der Waals surface area (Å²) in [6.45, 7) is 0. The number of hydrogen-bond donors (Lipinski definition) is 2. The molecule has 2 fully saturated rings. The Morgan fingerprint density at radius 1 is 0.762 bits per heavy atom. The van der Waals surface area contributed by atoms with E-state index in [0.717, 1.165) is 33.5 Å². The van der Waals surface area contributed by atoms with E-state index in [1.807, 2.05) is 45.1 Å². The Bertz CT molecular complexity index is 250. The van der Waals surface area contributed by atoms with Crippen LogP contribution in [-0.2, 0) is 0 Å². The van der Waals surface area contributed by atoms with E-state index in [4.69, 9.17) is 0 Å². The van der Waals surface area contributed by atoms with Crippen LogP contribution in [0.25, 0.3) is 0 Å². The van der Waals surface area contributed by atoms with Crippen molar-refractivity contribution in [2.75, 3.05) is 46.0 Å². The molecule has 2 heterocycles. The molecule has 2 saturated heterocycles. The Hall–Kier alpha value is 2.37. The van der Waals surface area contributed by atoms with Gasteiger partial charge in [-0.1, -0.05) is 43.2 Å². The van der Waals surface area contributed by atoms with E-state index in [0.29, 0.717) is 0 Å². The minimum atomic E-state index is -0.250. The van der Waals surface area contributed by atoms with E-state index in [1.165, 1.54) is 23.0 Å². The fraction of sp³-hybridized carbons (Fsp3) is 1.00. The highest BCUT2D eigenvalue weighted by Gasteiger charge is 2.22. The van der Waals surface area contributed by atoms with E-state index in [2.05, 4.69) is 0 Å². The number of hydrogen-bond acceptors (Lipinski definition) is 9. The summed E-state index contributed by atoms with van der Waals surface area (Å²) >= 11 is 5.72. The SMILES string of the molecule is OC(CSCC(O)CSSCC1CS1)CSSCC1CS1. The van der Waals surface area contributed by atoms with Crippen molar-refractivity contribution in [2.24, 2.45) is 0 Å². The maximum Gasteiger partial charge on any atom is 0.0729 e. The number of rotatable bonds is 14. The molecular weight excluding hydrogens is 401 g/mol. The van der Waals surface area contributed by atoms with Crippen molar-refractivity contribution in [1.82, 2.24) is 0 Å². The number of aliphatic hydroxyl groups is 2. The van der Waals surface area contributed by atoms with E-state index in [9.17, 15) is 10.2 Å². The second-order valence-electron chi connectivity index (χ2n) is 4.89. The van der Waals surface area contributed by atoms with Gasteiger partial charge in [0.1, 0.15) is 0 Å². The van der Waals surface area contributed by atoms with Gasteiger partial charge in [0.25, 0.3) is 0 Å². The summed E-state index contributed by atoms with van der Waals surface area (Å²) < 4.78 is 0. The standard InChI is InChI=1S/C12H22O2S7/c13-9(3-18-20-7-11-5-16-11)1-15-2-10(14)4-19-21-8-12-6-17-12/h9-14H,1-8H2. The second kappa shape index (κ2) is 11.8. The fourth-order valence-electron chi connectivity index (χ4n) is 1.27. The zero-order chi connectivity index (χ0) is 14.9. The lowest BCUT2D eigenvalue weighted by Gasteiger charge is -2.12. The highest BCUT2D eigenvalue weighted by Crippen LogP contribution is 2.37. The highest BCUT2D eigenvalue weighted by atomic mass is 33.1. The number of aliphatic hydroxyl groups excluding tert-OH is 2. The Labute approximate surface area is 156 Å². The van der Waals surface area contributed by atoms with E-state index in [-0.39, 0.29) is 12.2 Å². The van der Waals surface area contributed by atoms with Gasteiger partial charge in [-0.15, -0.1) is 0 Å². The third-order valence-electron chi connectivity index (χ3n) is 2.62. The van der Waals surface area contributed by atoms with Crippen molar-refractivity contribution >= 4 is 78.5 Å². The van der Waals surface area contributed by atoms with E-state index >= 15 is 0 Å². The summed E-state index contributed by atoms with van der Waals surface area (Å²) in [7, 11) is 7.33. The van der Waals surface area contributed by atoms with Crippen LogP contribution in [0, 0.1) is 0 Å². The van der Waals surface area contributed by atoms with Crippen LogP contribution >= 0.6 is 78.5 Å². The first-order chi connectivity index (χ1) is 10.2. The Morgan fingerprint density at radius 3 is 1.57 bits per heavy atom. The lowest BCUT2D eigenvalue weighted by Crippen LogP contribution is -2.17. The van der Waals surface area contributed by atoms with Crippen molar-refractivity contribution < 1.29 is 10.2 Å². The molecule has 0 aliphatic carbocycles. The smallest absolute Gasteiger partial charge is 0.0729 e. The fourth-order valence-corrected chi connectivity index (χ4v) is 9.54. The summed E-state index contributed by atoms with van der Waals surface area (Å²) in [4.78, 5) is 0. The van der Waals surface area contributed by atoms with Crippen LogP contribution < -0.4 is 0 Å². The van der Waals surface area contributed by atoms with Gasteiger partial charge in [-0.25, -0.2) is 0 Å². The van der Waals surface area contributed by atoms with Gasteiger partial charge in [0, 0.05) is 56.5 Å². The van der Waals surface area contributed by atoms with Gasteiger partial charge in [0.05, 0.1) is 12.2 Å². The maximum absolute atomic E-state index is 9.87. The molecule has 9 heteroatoms. The first-order valence-corrected chi connectivity index (χ1v) is 15.1. The molecule has 0 radical (unpaired) electrons. The third kappa shape index (κ3) is 11.5. The van der Waals surface area contributed by atoms with Gasteiger partial charge < -0.3 is 10.2 Å². The first-order valence-electron chi connectivity index (χ1n) is 6.90. The second-order valence-corrected chi connectivity index (χ2v) is 13.7. The Morgan fingerprint density at radius 2 is 1.19 bits per heavy atom. The molecule has 0 amide bonds. The van der Waals surface area contributed by atoms with Crippen LogP contribution in [0.3, 0.4) is 0 Å². The molecule has 2 N–H and O–H groups in total. The molecular formula is C12H22O2S7. The molecule has 0 spiro atoms. The molecule has 2 aliphatic rings. The summed E-state index contributed by atoms with van der Waals surface area (Å²) in [5, 5.41) is 21.5. The van der Waals surface area contributed by atoms with Gasteiger partial charge in [0.2, 0.25) is 0 Å². The van der Waals surface area contributed by atoms with E-state index in [1.54, 1.807) is 33.3 Å². The molecule has 4 unspecified atom stereocenters. The summed E-state index contributed by atoms with van der Waals surface area (Å²) in [6.07, 6.45) is -0.499. The summed E-state index contributed by atoms with van der Waals surface area (Å²) in [6, 6.07) is 0. The lowest BCUT2D eigenvalue weighted by molar-refractivity contribution is 0.220. The van der Waals surface area contributed by atoms with E-state index < -0.39 is 0 Å². The monoisotopic (exact) mass is 422 g/mol. The third-order valence-corrected chi connectivity index (χ3v) is 11.3. The van der Waals surface area contributed by atoms with Gasteiger partial charge in [0.15, 0.2) is 0 Å². The first kappa shape index (κ1) is 19.7. The van der Waals surface area contributed by atoms with Crippen molar-refractivity contribution in [3.05, 3.63) is 0 Å². The van der Waals surface area contributed by atoms with Crippen LogP contribution in [0.1, 0.15) is 0 Å². The molecule has 0 aromatic carbocycles. The summed E-state index contributed by atoms with van der Waals surface area (Å²) in [5.41, 5.74) is 0. The minimum absolute atomic E-state index is 0.250. The predicted molar refractivity (Wildman–Crippen MR) is 112 cm³/mol. The number of thioether (sulfide) groups is 3. The topological polar surface area (TPSA) is 40.5 Å². The normalized spacial score (nSPS) is 26.6. The van der Waals surface area contributed by atoms with Gasteiger partial charge in [-0.3, -0.25) is 0 Å². The van der Waals surface area contributed by atoms with Crippen LogP contribution in [0.15, 0.2) is 0 Å². The molecule has 21 heavy (non-hydrogen) atoms. The molecule has 2 aliphatic heterocycles. The Balaban J connectivity index is 1.33. The molecule has 4 atom stereocenters. The van der Waals surface area contributed by atoms with Gasteiger partial charge >= 0.3 is 0 Å². The molecule has 124 valence electrons. The largest absolute Gasteiger partial charge is 0.391 e. The quantitative estimate of drug-likeness (QED) is 0.249. The Kier molecular flexibility index (Phi) is 11.1. The van der Waals surface area contributed by atoms with Crippen LogP contribution in [0.4, 0.5) is 0 Å². The molecule has 0 saturated carbocycles. The van der Waals surface area contributed by atoms with Crippen molar-refractivity contribution in [2.45, 2.75) is 22.7 Å². The van der Waals surface area contributed by atoms with Gasteiger partial charge in [-0.05, 0) is 0 Å². The lowest BCUT2D eigenvalue weighted by atomic mass is 10.5. The molecule has 2 nitrogen and oxygen atoms in total. The molecule has 0 bridgehead atoms. The zero-order valence-electron chi connectivity index (χ0n) is 11.7. The zero-order valence-corrected chi connectivity index (χ0v) is 17.4. The highest BCUT2D eigenvalue weighted by molar-refractivity contribution is 8.77. The maximum atomic E-state index is 9.87. The van der Waals surface area contributed by atoms with Crippen LogP contribution in [0.5, 0.6) is 0 Å². The predicted octanol–water partition coefficient (Wildman–Crippen LogP) is 3.44. The molecule has 0 aromatic rings. The van der Waals surface area contributed by atoms with Crippen LogP contribution in [-0.4, -0.2) is 78.9 Å². The molecule has 2 rings (SSSR count). The van der Waals surface area contributed by atoms with Crippen LogP contribution in [0.2, 0.25) is 0 Å². The molecule has 0 aromatic heterocycles. The van der Waals surface area contributed by atoms with Crippen molar-refractivity contribution in [3.63, 3.8) is 0 Å². The van der Waals surface area contributed by atoms with Crippen molar-refractivity contribution in [1.29, 1.82) is 0 Å². The van der Waals surface area contributed by atoms with Gasteiger partial charge in [-0.2, -0.15) is 35.3 Å². The van der Waals surface area contributed by atoms with Crippen molar-refractivity contribution in [3.8, 4) is 0 Å². The minimum Gasteiger partial charge on any atom is -0.391 e.